The molecule has 9 rings (SSSR count). The Balaban J connectivity index is 1.33. The van der Waals surface area contributed by atoms with Crippen LogP contribution in [0.15, 0.2) is 133 Å². The van der Waals surface area contributed by atoms with Crippen LogP contribution in [0.3, 0.4) is 0 Å². The smallest absolute Gasteiger partial charge is 0.421 e. The third-order valence-electron chi connectivity index (χ3n) is 11.4. The number of benzene rings is 5. The van der Waals surface area contributed by atoms with Gasteiger partial charge in [0.2, 0.25) is 11.8 Å². The van der Waals surface area contributed by atoms with Crippen LogP contribution in [0.25, 0.3) is 10.2 Å². The van der Waals surface area contributed by atoms with Gasteiger partial charge < -0.3 is 29.4 Å². The van der Waals surface area contributed by atoms with Crippen molar-refractivity contribution in [3.63, 3.8) is 0 Å². The monoisotopic (exact) mass is 824 g/mol. The molecule has 2 N–H and O–H groups in total. The number of fused-ring (bicyclic) bond motifs is 4. The molecule has 6 atom stereocenters. The minimum Gasteiger partial charge on any atom is -0.491 e. The van der Waals surface area contributed by atoms with Crippen LogP contribution in [0.2, 0.25) is 0 Å². The SMILES string of the molecule is COCCOC(=O)N1C(=O)[C@@]2(c3ccccc31)[C@H](c1cccc(OCCO)c1)N1[C@H](c3ccccc3)[C@H](c3ccccc3)OC(=O)[C@H]1[C@@H]2C(=O)Nc1nc2ccccc2s1. The van der Waals surface area contributed by atoms with Crippen molar-refractivity contribution in [2.24, 2.45) is 5.92 Å². The summed E-state index contributed by atoms with van der Waals surface area (Å²) in [6.07, 6.45) is -1.85. The van der Waals surface area contributed by atoms with E-state index in [0.717, 1.165) is 15.2 Å². The summed E-state index contributed by atoms with van der Waals surface area (Å²) in [6.45, 7) is -0.305. The lowest BCUT2D eigenvalue weighted by atomic mass is 9.65. The molecule has 4 heterocycles. The first kappa shape index (κ1) is 39.0. The normalized spacial score (nSPS) is 23.3. The van der Waals surface area contributed by atoms with Crippen molar-refractivity contribution in [1.82, 2.24) is 9.88 Å². The summed E-state index contributed by atoms with van der Waals surface area (Å²) in [7, 11) is 1.47. The summed E-state index contributed by atoms with van der Waals surface area (Å²) >= 11 is 1.26. The van der Waals surface area contributed by atoms with Crippen LogP contribution in [-0.2, 0) is 34.0 Å². The molecule has 14 heteroatoms. The van der Waals surface area contributed by atoms with Crippen molar-refractivity contribution in [2.45, 2.75) is 29.6 Å². The number of carbonyl (C=O) groups is 4. The molecular formula is C46H40N4O9S. The third-order valence-corrected chi connectivity index (χ3v) is 12.4. The van der Waals surface area contributed by atoms with E-state index in [1.807, 2.05) is 95.9 Å². The summed E-state index contributed by atoms with van der Waals surface area (Å²) < 4.78 is 24.0. The van der Waals surface area contributed by atoms with E-state index < -0.39 is 59.4 Å². The molecular weight excluding hydrogens is 785 g/mol. The molecule has 0 radical (unpaired) electrons. The highest BCUT2D eigenvalue weighted by Gasteiger charge is 2.75. The number of para-hydroxylation sites is 2. The number of aromatic nitrogens is 1. The highest BCUT2D eigenvalue weighted by molar-refractivity contribution is 7.22. The lowest BCUT2D eigenvalue weighted by molar-refractivity contribution is -0.177. The average Bonchev–Trinajstić information content (AvgIpc) is 3.92. The van der Waals surface area contributed by atoms with Crippen LogP contribution in [0.4, 0.5) is 15.6 Å². The highest BCUT2D eigenvalue weighted by Crippen LogP contribution is 2.66. The van der Waals surface area contributed by atoms with Crippen LogP contribution < -0.4 is 15.0 Å². The number of imide groups is 1. The van der Waals surface area contributed by atoms with Gasteiger partial charge in [0, 0.05) is 7.11 Å². The first-order chi connectivity index (χ1) is 29.4. The van der Waals surface area contributed by atoms with E-state index in [2.05, 4.69) is 10.3 Å². The van der Waals surface area contributed by atoms with E-state index in [1.54, 1.807) is 42.5 Å². The maximum absolute atomic E-state index is 16.0. The van der Waals surface area contributed by atoms with E-state index >= 15 is 14.4 Å². The minimum absolute atomic E-state index is 0.00327. The third kappa shape index (κ3) is 6.48. The fourth-order valence-electron chi connectivity index (χ4n) is 9.17. The molecule has 0 saturated carbocycles. The van der Waals surface area contributed by atoms with Gasteiger partial charge in [-0.15, -0.1) is 0 Å². The molecule has 6 aromatic rings. The van der Waals surface area contributed by atoms with E-state index in [1.165, 1.54) is 18.4 Å². The number of thiazole rings is 1. The van der Waals surface area contributed by atoms with Gasteiger partial charge in [-0.1, -0.05) is 114 Å². The number of carbonyl (C=O) groups excluding carboxylic acids is 4. The molecule has 2 saturated heterocycles. The summed E-state index contributed by atoms with van der Waals surface area (Å²) in [4.78, 5) is 68.5. The van der Waals surface area contributed by atoms with Crippen molar-refractivity contribution in [2.75, 3.05) is 43.8 Å². The number of nitrogens with zero attached hydrogens (tertiary/aromatic N) is 3. The summed E-state index contributed by atoms with van der Waals surface area (Å²) in [6, 6.07) is 36.9. The number of cyclic esters (lactones) is 1. The molecule has 0 bridgehead atoms. The number of aliphatic hydroxyl groups excluding tert-OH is 1. The number of morpholine rings is 1. The summed E-state index contributed by atoms with van der Waals surface area (Å²) in [5, 5.41) is 13.0. The van der Waals surface area contributed by atoms with Crippen molar-refractivity contribution < 1.29 is 43.2 Å². The Morgan fingerprint density at radius 3 is 2.27 bits per heavy atom. The molecule has 60 heavy (non-hydrogen) atoms. The topological polar surface area (TPSA) is 157 Å². The van der Waals surface area contributed by atoms with Crippen LogP contribution in [-0.4, -0.2) is 78.4 Å². The molecule has 0 unspecified atom stereocenters. The summed E-state index contributed by atoms with van der Waals surface area (Å²) in [5.41, 5.74) is 1.25. The summed E-state index contributed by atoms with van der Waals surface area (Å²) in [5.74, 6) is -3.26. The van der Waals surface area contributed by atoms with Gasteiger partial charge in [0.1, 0.15) is 36.5 Å². The van der Waals surface area contributed by atoms with Crippen LogP contribution in [0.1, 0.15) is 40.4 Å². The average molecular weight is 825 g/mol. The van der Waals surface area contributed by atoms with Gasteiger partial charge in [0.15, 0.2) is 5.13 Å². The predicted molar refractivity (Wildman–Crippen MR) is 222 cm³/mol. The standard InChI is InChI=1S/C46H40N4O9S/c1-56-25-26-58-45(55)49-34-21-10-8-19-32(34)46(43(49)54)36(41(52)48-44-47-33-20-9-11-22-35(33)60-44)38-42(53)59-39(29-15-6-3-7-16-29)37(28-13-4-2-5-14-28)50(38)40(46)30-17-12-18-31(27-30)57-24-23-51/h2-22,27,36-40,51H,23-26H2,1H3,(H,47,48,52)/t36-,37-,38-,39+,40+,46-/m1/s1. The molecule has 1 spiro atoms. The number of hydrogen-bond donors (Lipinski definition) is 2. The van der Waals surface area contributed by atoms with Gasteiger partial charge in [-0.2, -0.15) is 0 Å². The van der Waals surface area contributed by atoms with Gasteiger partial charge >= 0.3 is 12.1 Å². The van der Waals surface area contributed by atoms with E-state index in [0.29, 0.717) is 28.0 Å². The van der Waals surface area contributed by atoms with Crippen molar-refractivity contribution in [1.29, 1.82) is 0 Å². The molecule has 3 aliphatic heterocycles. The number of ether oxygens (including phenoxy) is 4. The number of esters is 1. The molecule has 3 aliphatic rings. The maximum Gasteiger partial charge on any atom is 0.421 e. The lowest BCUT2D eigenvalue weighted by Crippen LogP contribution is -2.54. The van der Waals surface area contributed by atoms with Crippen molar-refractivity contribution in [3.8, 4) is 5.75 Å². The molecule has 304 valence electrons. The highest BCUT2D eigenvalue weighted by atomic mass is 32.1. The number of methoxy groups -OCH3 is 1. The Morgan fingerprint density at radius 1 is 0.817 bits per heavy atom. The van der Waals surface area contributed by atoms with Crippen LogP contribution >= 0.6 is 11.3 Å². The first-order valence-electron chi connectivity index (χ1n) is 19.5. The van der Waals surface area contributed by atoms with Crippen LogP contribution in [0.5, 0.6) is 5.75 Å². The fourth-order valence-corrected chi connectivity index (χ4v) is 10.0. The molecule has 2 fully saturated rings. The van der Waals surface area contributed by atoms with Crippen molar-refractivity contribution >= 4 is 56.2 Å². The molecule has 5 aromatic carbocycles. The Bertz CT molecular complexity index is 2540. The number of amides is 3. The molecule has 3 amide bonds. The Labute approximate surface area is 349 Å². The maximum atomic E-state index is 16.0. The zero-order valence-electron chi connectivity index (χ0n) is 32.4. The Hall–Kier alpha value is -6.45. The largest absolute Gasteiger partial charge is 0.491 e. The number of hydrogen-bond acceptors (Lipinski definition) is 12. The quantitative estimate of drug-likeness (QED) is 0.105. The second-order valence-corrected chi connectivity index (χ2v) is 15.7. The minimum atomic E-state index is -1.96. The molecule has 0 aliphatic carbocycles. The zero-order valence-corrected chi connectivity index (χ0v) is 33.2. The Kier molecular flexibility index (Phi) is 10.6. The molecule has 1 aromatic heterocycles. The lowest BCUT2D eigenvalue weighted by Gasteiger charge is -2.46. The van der Waals surface area contributed by atoms with Gasteiger partial charge in [-0.3, -0.25) is 19.3 Å². The van der Waals surface area contributed by atoms with Gasteiger partial charge in [0.25, 0.3) is 0 Å². The second kappa shape index (κ2) is 16.3. The number of nitrogens with one attached hydrogen (secondary N) is 1. The van der Waals surface area contributed by atoms with Gasteiger partial charge in [0.05, 0.1) is 47.1 Å². The molecule has 13 nitrogen and oxygen atoms in total. The van der Waals surface area contributed by atoms with Gasteiger partial charge in [-0.05, 0) is 52.6 Å². The van der Waals surface area contributed by atoms with E-state index in [-0.39, 0.29) is 37.2 Å². The van der Waals surface area contributed by atoms with Crippen molar-refractivity contribution in [3.05, 3.63) is 156 Å². The zero-order chi connectivity index (χ0) is 41.4. The first-order valence-corrected chi connectivity index (χ1v) is 20.4. The Morgan fingerprint density at radius 2 is 1.52 bits per heavy atom. The second-order valence-electron chi connectivity index (χ2n) is 14.7. The van der Waals surface area contributed by atoms with Crippen LogP contribution in [0, 0.1) is 5.92 Å². The predicted octanol–water partition coefficient (Wildman–Crippen LogP) is 6.75. The fraction of sp³-hybridized carbons (Fsp3) is 0.239. The number of aliphatic hydroxyl groups is 1. The van der Waals surface area contributed by atoms with E-state index in [9.17, 15) is 9.90 Å². The van der Waals surface area contributed by atoms with Gasteiger partial charge in [-0.25, -0.2) is 14.7 Å². The van der Waals surface area contributed by atoms with E-state index in [4.69, 9.17) is 18.9 Å². The number of rotatable bonds is 11. The number of anilines is 2.